The molecule has 2 aromatic carbocycles. The largest absolute Gasteiger partial charge is 0.497 e. The van der Waals surface area contributed by atoms with Crippen molar-refractivity contribution in [1.29, 1.82) is 0 Å². The highest BCUT2D eigenvalue weighted by Crippen LogP contribution is 2.20. The van der Waals surface area contributed by atoms with Crippen LogP contribution in [0.2, 0.25) is 0 Å². The van der Waals surface area contributed by atoms with E-state index in [1.54, 1.807) is 26.2 Å². The number of amides is 1. The van der Waals surface area contributed by atoms with Gasteiger partial charge in [-0.25, -0.2) is 0 Å². The molecular formula is C16H16INO3. The molecule has 4 nitrogen and oxygen atoms in total. The second kappa shape index (κ2) is 7.31. The van der Waals surface area contributed by atoms with Crippen LogP contribution < -0.4 is 14.8 Å². The molecule has 21 heavy (non-hydrogen) atoms. The number of methoxy groups -OCH3 is 1. The van der Waals surface area contributed by atoms with Gasteiger partial charge in [-0.2, -0.15) is 0 Å². The minimum Gasteiger partial charge on any atom is -0.497 e. The van der Waals surface area contributed by atoms with Crippen LogP contribution >= 0.6 is 22.6 Å². The Balaban J connectivity index is 1.97. The summed E-state index contributed by atoms with van der Waals surface area (Å²) in [5.74, 6) is 1.09. The quantitative estimate of drug-likeness (QED) is 0.783. The van der Waals surface area contributed by atoms with Gasteiger partial charge in [0.2, 0.25) is 0 Å². The van der Waals surface area contributed by atoms with Gasteiger partial charge in [-0.15, -0.1) is 0 Å². The van der Waals surface area contributed by atoms with Gasteiger partial charge in [0, 0.05) is 15.3 Å². The number of benzene rings is 2. The molecule has 0 aliphatic heterocycles. The number of halogens is 1. The maximum absolute atomic E-state index is 12.1. The number of hydrogen-bond acceptors (Lipinski definition) is 3. The van der Waals surface area contributed by atoms with E-state index in [1.807, 2.05) is 36.4 Å². The lowest BCUT2D eigenvalue weighted by atomic mass is 10.3. The van der Waals surface area contributed by atoms with Gasteiger partial charge in [-0.1, -0.05) is 6.07 Å². The van der Waals surface area contributed by atoms with E-state index in [-0.39, 0.29) is 5.91 Å². The van der Waals surface area contributed by atoms with E-state index >= 15 is 0 Å². The summed E-state index contributed by atoms with van der Waals surface area (Å²) in [6.45, 7) is 1.71. The van der Waals surface area contributed by atoms with Crippen LogP contribution in [0.25, 0.3) is 0 Å². The van der Waals surface area contributed by atoms with Gasteiger partial charge in [-0.3, -0.25) is 4.79 Å². The van der Waals surface area contributed by atoms with Gasteiger partial charge >= 0.3 is 0 Å². The van der Waals surface area contributed by atoms with E-state index in [2.05, 4.69) is 27.9 Å². The topological polar surface area (TPSA) is 47.6 Å². The first-order chi connectivity index (χ1) is 10.1. The monoisotopic (exact) mass is 397 g/mol. The highest BCUT2D eigenvalue weighted by molar-refractivity contribution is 14.1. The van der Waals surface area contributed by atoms with Crippen molar-refractivity contribution in [2.75, 3.05) is 12.4 Å². The molecule has 5 heteroatoms. The lowest BCUT2D eigenvalue weighted by Crippen LogP contribution is -2.30. The van der Waals surface area contributed by atoms with Crippen LogP contribution in [0, 0.1) is 3.57 Å². The third-order valence-corrected chi connectivity index (χ3v) is 3.55. The van der Waals surface area contributed by atoms with Gasteiger partial charge in [0.05, 0.1) is 7.11 Å². The second-order valence-corrected chi connectivity index (χ2v) is 5.68. The lowest BCUT2D eigenvalue weighted by molar-refractivity contribution is -0.122. The molecule has 2 rings (SSSR count). The summed E-state index contributed by atoms with van der Waals surface area (Å²) in [5, 5.41) is 2.82. The van der Waals surface area contributed by atoms with Crippen LogP contribution in [0.1, 0.15) is 6.92 Å². The predicted octanol–water partition coefficient (Wildman–Crippen LogP) is 3.71. The average molecular weight is 397 g/mol. The van der Waals surface area contributed by atoms with Crippen molar-refractivity contribution < 1.29 is 14.3 Å². The molecule has 0 saturated heterocycles. The van der Waals surface area contributed by atoms with E-state index in [4.69, 9.17) is 9.47 Å². The summed E-state index contributed by atoms with van der Waals surface area (Å²) >= 11 is 2.22. The minimum absolute atomic E-state index is 0.195. The SMILES string of the molecule is COc1cccc(O[C@@H](C)C(=O)Nc2ccc(I)cc2)c1. The zero-order chi connectivity index (χ0) is 15.2. The van der Waals surface area contributed by atoms with Gasteiger partial charge in [-0.05, 0) is 65.9 Å². The van der Waals surface area contributed by atoms with E-state index < -0.39 is 6.10 Å². The molecule has 0 aliphatic rings. The number of anilines is 1. The summed E-state index contributed by atoms with van der Waals surface area (Å²) in [5.41, 5.74) is 0.751. The molecule has 2 aromatic rings. The summed E-state index contributed by atoms with van der Waals surface area (Å²) in [6, 6.07) is 14.8. The number of hydrogen-bond donors (Lipinski definition) is 1. The molecule has 0 fully saturated rings. The molecule has 1 N–H and O–H groups in total. The van der Waals surface area contributed by atoms with Crippen LogP contribution in [0.3, 0.4) is 0 Å². The normalized spacial score (nSPS) is 11.6. The zero-order valence-corrected chi connectivity index (χ0v) is 14.0. The number of nitrogens with one attached hydrogen (secondary N) is 1. The molecular weight excluding hydrogens is 381 g/mol. The Kier molecular flexibility index (Phi) is 5.44. The molecule has 0 saturated carbocycles. The van der Waals surface area contributed by atoms with Crippen molar-refractivity contribution in [3.8, 4) is 11.5 Å². The van der Waals surface area contributed by atoms with Crippen LogP contribution in [0.5, 0.6) is 11.5 Å². The van der Waals surface area contributed by atoms with Crippen molar-refractivity contribution in [3.05, 3.63) is 52.1 Å². The predicted molar refractivity (Wildman–Crippen MR) is 90.9 cm³/mol. The number of ether oxygens (including phenoxy) is 2. The van der Waals surface area contributed by atoms with E-state index in [9.17, 15) is 4.79 Å². The Labute approximate surface area is 137 Å². The fraction of sp³-hybridized carbons (Fsp3) is 0.188. The molecule has 1 amide bonds. The fourth-order valence-corrected chi connectivity index (χ4v) is 2.07. The first-order valence-corrected chi connectivity index (χ1v) is 7.53. The summed E-state index contributed by atoms with van der Waals surface area (Å²) in [6.07, 6.45) is -0.601. The van der Waals surface area contributed by atoms with Crippen LogP contribution in [0.4, 0.5) is 5.69 Å². The molecule has 110 valence electrons. The maximum Gasteiger partial charge on any atom is 0.265 e. The number of rotatable bonds is 5. The van der Waals surface area contributed by atoms with Gasteiger partial charge in [0.15, 0.2) is 6.10 Å². The summed E-state index contributed by atoms with van der Waals surface area (Å²) in [7, 11) is 1.59. The Morgan fingerprint density at radius 3 is 2.48 bits per heavy atom. The van der Waals surface area contributed by atoms with E-state index in [1.165, 1.54) is 0 Å². The van der Waals surface area contributed by atoms with E-state index in [0.29, 0.717) is 11.5 Å². The Hall–Kier alpha value is -1.76. The second-order valence-electron chi connectivity index (χ2n) is 4.44. The highest BCUT2D eigenvalue weighted by Gasteiger charge is 2.15. The van der Waals surface area contributed by atoms with Crippen LogP contribution in [-0.4, -0.2) is 19.1 Å². The van der Waals surface area contributed by atoms with Gasteiger partial charge < -0.3 is 14.8 Å². The number of carbonyl (C=O) groups excluding carboxylic acids is 1. The van der Waals surface area contributed by atoms with Crippen molar-refractivity contribution >= 4 is 34.2 Å². The number of carbonyl (C=O) groups is 1. The Morgan fingerprint density at radius 1 is 1.14 bits per heavy atom. The Morgan fingerprint density at radius 2 is 1.81 bits per heavy atom. The summed E-state index contributed by atoms with van der Waals surface area (Å²) in [4.78, 5) is 12.1. The zero-order valence-electron chi connectivity index (χ0n) is 11.8. The maximum atomic E-state index is 12.1. The molecule has 0 aliphatic carbocycles. The highest BCUT2D eigenvalue weighted by atomic mass is 127. The van der Waals surface area contributed by atoms with Crippen LogP contribution in [0.15, 0.2) is 48.5 Å². The summed E-state index contributed by atoms with van der Waals surface area (Å²) < 4.78 is 11.9. The van der Waals surface area contributed by atoms with Crippen molar-refractivity contribution in [2.45, 2.75) is 13.0 Å². The van der Waals surface area contributed by atoms with E-state index in [0.717, 1.165) is 9.26 Å². The molecule has 0 bridgehead atoms. The van der Waals surface area contributed by atoms with Crippen molar-refractivity contribution in [1.82, 2.24) is 0 Å². The molecule has 1 atom stereocenters. The molecule has 0 aromatic heterocycles. The first kappa shape index (κ1) is 15.6. The Bertz CT molecular complexity index is 613. The van der Waals surface area contributed by atoms with Gasteiger partial charge in [0.1, 0.15) is 11.5 Å². The van der Waals surface area contributed by atoms with Gasteiger partial charge in [0.25, 0.3) is 5.91 Å². The fourth-order valence-electron chi connectivity index (χ4n) is 1.71. The van der Waals surface area contributed by atoms with Crippen molar-refractivity contribution in [2.24, 2.45) is 0 Å². The molecule has 0 spiro atoms. The van der Waals surface area contributed by atoms with Crippen molar-refractivity contribution in [3.63, 3.8) is 0 Å². The van der Waals surface area contributed by atoms with Crippen LogP contribution in [-0.2, 0) is 4.79 Å². The third-order valence-electron chi connectivity index (χ3n) is 2.84. The molecule has 0 unspecified atom stereocenters. The minimum atomic E-state index is -0.601. The molecule has 0 heterocycles. The molecule has 0 radical (unpaired) electrons. The third kappa shape index (κ3) is 4.63. The smallest absolute Gasteiger partial charge is 0.265 e. The first-order valence-electron chi connectivity index (χ1n) is 6.45. The standard InChI is InChI=1S/C16H16INO3/c1-11(21-15-5-3-4-14(10-15)20-2)16(19)18-13-8-6-12(17)7-9-13/h3-11H,1-2H3,(H,18,19)/t11-/m0/s1. The average Bonchev–Trinajstić information content (AvgIpc) is 2.49. The lowest BCUT2D eigenvalue weighted by Gasteiger charge is -2.15.